The summed E-state index contributed by atoms with van der Waals surface area (Å²) in [5.74, 6) is -1.09. The molecule has 16 unspecified atom stereocenters. The summed E-state index contributed by atoms with van der Waals surface area (Å²) in [7, 11) is -1.60. The first-order chi connectivity index (χ1) is 22.4. The Morgan fingerprint density at radius 2 is 1.50 bits per heavy atom. The fraction of sp³-hybridized carbons (Fsp3) is 0.931. The number of Topliss-reactive ketones (excluding diaryl/α,β-unsaturated/α-hetero) is 1. The molecule has 4 aliphatic rings. The van der Waals surface area contributed by atoms with Crippen molar-refractivity contribution in [3.8, 4) is 0 Å². The van der Waals surface area contributed by atoms with Gasteiger partial charge in [-0.25, -0.2) is 0 Å². The molecule has 18 nitrogen and oxygen atoms in total. The summed E-state index contributed by atoms with van der Waals surface area (Å²) in [6.07, 6.45) is -20.9. The van der Waals surface area contributed by atoms with Crippen LogP contribution in [0.15, 0.2) is 0 Å². The Morgan fingerprint density at radius 3 is 2.08 bits per heavy atom. The topological polar surface area (TPSA) is 262 Å². The number of aliphatic hydroxyl groups excluding tert-OH is 6. The molecule has 278 valence electrons. The Balaban J connectivity index is 1.70. The molecule has 8 N–H and O–H groups in total. The zero-order valence-electron chi connectivity index (χ0n) is 27.9. The number of ketones is 1. The highest BCUT2D eigenvalue weighted by molar-refractivity contribution is 6.76. The smallest absolute Gasteiger partial charge is 0.218 e. The molecule has 0 radical (unpaired) electrons. The van der Waals surface area contributed by atoms with Crippen molar-refractivity contribution in [2.45, 2.75) is 144 Å². The first-order valence-electron chi connectivity index (χ1n) is 16.0. The van der Waals surface area contributed by atoms with Crippen molar-refractivity contribution in [1.82, 2.24) is 5.32 Å². The summed E-state index contributed by atoms with van der Waals surface area (Å²) in [5, 5.41) is 77.6. The fourth-order valence-electron chi connectivity index (χ4n) is 6.09. The highest BCUT2D eigenvalue weighted by Gasteiger charge is 2.61. The lowest BCUT2D eigenvalue weighted by molar-refractivity contribution is -0.407. The molecule has 0 bridgehead atoms. The quantitative estimate of drug-likeness (QED) is 0.0905. The van der Waals surface area contributed by atoms with Gasteiger partial charge in [-0.05, 0) is 19.9 Å². The third-order valence-electron chi connectivity index (χ3n) is 8.89. The number of nitrogens with one attached hydrogen (secondary N) is 1. The van der Waals surface area contributed by atoms with Crippen molar-refractivity contribution < 1.29 is 83.2 Å². The number of hydrogen-bond donors (Lipinski definition) is 8. The maximum Gasteiger partial charge on any atom is 0.218 e. The molecule has 0 aromatic rings. The van der Waals surface area contributed by atoms with Crippen LogP contribution < -0.4 is 5.32 Å². The molecular formula is C29H51NO17Si. The normalized spacial score (nSPS) is 45.3. The summed E-state index contributed by atoms with van der Waals surface area (Å²) in [4.78, 5) is 24.5. The van der Waals surface area contributed by atoms with Gasteiger partial charge in [0, 0.05) is 21.6 Å². The van der Waals surface area contributed by atoms with E-state index in [1.165, 1.54) is 20.8 Å². The van der Waals surface area contributed by atoms with Crippen LogP contribution in [0.1, 0.15) is 20.8 Å². The van der Waals surface area contributed by atoms with E-state index in [0.717, 1.165) is 0 Å². The van der Waals surface area contributed by atoms with Crippen LogP contribution in [0.25, 0.3) is 0 Å². The van der Waals surface area contributed by atoms with E-state index in [1.54, 1.807) is 0 Å². The van der Waals surface area contributed by atoms with Gasteiger partial charge >= 0.3 is 0 Å². The number of amides is 1. The number of carbonyl (C=O) groups is 2. The molecule has 4 heterocycles. The molecule has 48 heavy (non-hydrogen) atoms. The molecule has 4 aliphatic heterocycles. The number of hydrogen-bond acceptors (Lipinski definition) is 17. The lowest BCUT2D eigenvalue weighted by atomic mass is 9.83. The van der Waals surface area contributed by atoms with Crippen molar-refractivity contribution in [3.05, 3.63) is 0 Å². The second-order valence-electron chi connectivity index (χ2n) is 14.0. The molecule has 0 spiro atoms. The van der Waals surface area contributed by atoms with E-state index in [0.29, 0.717) is 6.04 Å². The summed E-state index contributed by atoms with van der Waals surface area (Å²) < 4.78 is 46.9. The van der Waals surface area contributed by atoms with E-state index >= 15 is 0 Å². The van der Waals surface area contributed by atoms with Crippen LogP contribution in [-0.4, -0.2) is 180 Å². The van der Waals surface area contributed by atoms with Gasteiger partial charge < -0.3 is 79.0 Å². The van der Waals surface area contributed by atoms with Crippen LogP contribution in [0.3, 0.4) is 0 Å². The van der Waals surface area contributed by atoms with Crippen molar-refractivity contribution in [3.63, 3.8) is 0 Å². The molecule has 4 saturated heterocycles. The second kappa shape index (κ2) is 16.0. The van der Waals surface area contributed by atoms with Crippen LogP contribution in [0, 0.1) is 0 Å². The Labute approximate surface area is 279 Å². The molecule has 0 aliphatic carbocycles. The van der Waals surface area contributed by atoms with E-state index < -0.39 is 137 Å². The molecule has 16 atom stereocenters. The minimum absolute atomic E-state index is 0.219. The molecule has 4 rings (SSSR count). The van der Waals surface area contributed by atoms with E-state index in [4.69, 9.17) is 37.9 Å². The Kier molecular flexibility index (Phi) is 13.2. The van der Waals surface area contributed by atoms with Crippen LogP contribution in [-0.2, 0) is 47.5 Å². The molecule has 0 aromatic heterocycles. The number of rotatable bonds is 12. The Hall–Kier alpha value is -1.24. The van der Waals surface area contributed by atoms with Crippen molar-refractivity contribution in [1.29, 1.82) is 0 Å². The standard InChI is InChI=1S/C29H51NO17Si/c1-12(33)25-41-11-29(39)16(10-32)44-28(21(38)24(29)47-25)45-22-15(9-31)43-26(40-7-8-48(4,5)6)17(30-14(3)34)23(22)46-27-20(37)19(36)18(35)13(2)42-27/h13,15-28,31-32,35-39H,7-11H2,1-6H3,(H,30,34). The molecular weight excluding hydrogens is 662 g/mol. The van der Waals surface area contributed by atoms with E-state index in [1.807, 2.05) is 0 Å². The average Bonchev–Trinajstić information content (AvgIpc) is 3.01. The lowest BCUT2D eigenvalue weighted by Crippen LogP contribution is -2.74. The minimum atomic E-state index is -2.10. The molecule has 1 amide bonds. The predicted molar refractivity (Wildman–Crippen MR) is 162 cm³/mol. The first kappa shape index (κ1) is 39.5. The van der Waals surface area contributed by atoms with Crippen molar-refractivity contribution in [2.24, 2.45) is 0 Å². The van der Waals surface area contributed by atoms with Gasteiger partial charge in [0.05, 0.1) is 25.9 Å². The third kappa shape index (κ3) is 8.61. The number of aliphatic hydroxyl groups is 7. The van der Waals surface area contributed by atoms with Gasteiger partial charge in [-0.2, -0.15) is 0 Å². The largest absolute Gasteiger partial charge is 0.394 e. The summed E-state index contributed by atoms with van der Waals surface area (Å²) in [5.41, 5.74) is -2.10. The second-order valence-corrected chi connectivity index (χ2v) is 19.6. The van der Waals surface area contributed by atoms with E-state index in [2.05, 4.69) is 25.0 Å². The van der Waals surface area contributed by atoms with Gasteiger partial charge in [-0.3, -0.25) is 9.59 Å². The first-order valence-corrected chi connectivity index (χ1v) is 19.7. The summed E-state index contributed by atoms with van der Waals surface area (Å²) in [6, 6.07) is -0.499. The maximum absolute atomic E-state index is 12.5. The fourth-order valence-corrected chi connectivity index (χ4v) is 6.82. The SMILES string of the molecule is CC(=O)NC1C(OCC[Si](C)(C)C)OC(CO)C(OC2OC(CO)C3(O)COC(C(C)=O)OC3C2O)C1OC1OC(C)C(O)C(O)C1O. The molecule has 0 aromatic carbocycles. The van der Waals surface area contributed by atoms with Gasteiger partial charge in [0.2, 0.25) is 12.2 Å². The Morgan fingerprint density at radius 1 is 0.854 bits per heavy atom. The highest BCUT2D eigenvalue weighted by Crippen LogP contribution is 2.39. The number of ether oxygens (including phenoxy) is 8. The van der Waals surface area contributed by atoms with Crippen molar-refractivity contribution in [2.75, 3.05) is 26.4 Å². The van der Waals surface area contributed by atoms with Crippen LogP contribution in [0.5, 0.6) is 0 Å². The number of carbonyl (C=O) groups excluding carboxylic acids is 2. The zero-order valence-corrected chi connectivity index (χ0v) is 28.9. The summed E-state index contributed by atoms with van der Waals surface area (Å²) >= 11 is 0. The lowest BCUT2D eigenvalue weighted by Gasteiger charge is -2.54. The molecule has 0 saturated carbocycles. The molecule has 19 heteroatoms. The minimum Gasteiger partial charge on any atom is -0.394 e. The maximum atomic E-state index is 12.5. The van der Waals surface area contributed by atoms with Gasteiger partial charge in [0.1, 0.15) is 66.6 Å². The van der Waals surface area contributed by atoms with E-state index in [9.17, 15) is 45.3 Å². The molecule has 4 fully saturated rings. The van der Waals surface area contributed by atoms with Gasteiger partial charge in [-0.15, -0.1) is 0 Å². The van der Waals surface area contributed by atoms with Gasteiger partial charge in [0.25, 0.3) is 0 Å². The number of fused-ring (bicyclic) bond motifs is 1. The summed E-state index contributed by atoms with van der Waals surface area (Å²) in [6.45, 7) is 8.45. The van der Waals surface area contributed by atoms with Crippen LogP contribution in [0.4, 0.5) is 0 Å². The van der Waals surface area contributed by atoms with Gasteiger partial charge in [-0.1, -0.05) is 19.6 Å². The third-order valence-corrected chi connectivity index (χ3v) is 10.6. The Bertz CT molecular complexity index is 1100. The highest BCUT2D eigenvalue weighted by atomic mass is 28.3. The zero-order chi connectivity index (χ0) is 35.7. The average molecular weight is 714 g/mol. The van der Waals surface area contributed by atoms with Gasteiger partial charge in [0.15, 0.2) is 24.7 Å². The van der Waals surface area contributed by atoms with Crippen molar-refractivity contribution >= 4 is 19.8 Å². The monoisotopic (exact) mass is 713 g/mol. The van der Waals surface area contributed by atoms with E-state index in [-0.39, 0.29) is 6.61 Å². The van der Waals surface area contributed by atoms with Crippen LogP contribution >= 0.6 is 0 Å². The predicted octanol–water partition coefficient (Wildman–Crippen LogP) is -3.70. The van der Waals surface area contributed by atoms with Crippen LogP contribution in [0.2, 0.25) is 25.7 Å².